The van der Waals surface area contributed by atoms with Crippen LogP contribution in [-0.2, 0) is 0 Å². The summed E-state index contributed by atoms with van der Waals surface area (Å²) in [7, 11) is 1.76. The number of hydrogen-bond donors (Lipinski definition) is 0. The van der Waals surface area contributed by atoms with Crippen molar-refractivity contribution >= 4 is 50.7 Å². The van der Waals surface area contributed by atoms with Gasteiger partial charge in [0.15, 0.2) is 0 Å². The number of fused-ring (bicyclic) bond motifs is 1. The molecule has 2 aromatic carbocycles. The summed E-state index contributed by atoms with van der Waals surface area (Å²) in [6.45, 7) is 1.96. The Morgan fingerprint density at radius 3 is 2.48 bits per heavy atom. The summed E-state index contributed by atoms with van der Waals surface area (Å²) in [6.07, 6.45) is 0. The van der Waals surface area contributed by atoms with E-state index >= 15 is 0 Å². The van der Waals surface area contributed by atoms with Crippen LogP contribution in [0.25, 0.3) is 10.2 Å². The van der Waals surface area contributed by atoms with Crippen molar-refractivity contribution in [1.82, 2.24) is 9.88 Å². The number of carbonyl (C=O) groups is 1. The lowest BCUT2D eigenvalue weighted by Crippen LogP contribution is -2.29. The maximum absolute atomic E-state index is 12.7. The van der Waals surface area contributed by atoms with Gasteiger partial charge in [0.2, 0.25) is 0 Å². The van der Waals surface area contributed by atoms with Crippen molar-refractivity contribution in [3.8, 4) is 0 Å². The third kappa shape index (κ3) is 3.34. The number of hydrogen-bond acceptors (Lipinski definition) is 3. The number of carbonyl (C=O) groups excluding carboxylic acids is 1. The summed E-state index contributed by atoms with van der Waals surface area (Å²) in [5.41, 5.74) is 1.42. The standard InChI is InChI=1S/C17H14Cl2N2OS/c1-10(16-20-14-5-3-4-6-15(14)23-16)21(2)17(22)11-7-12(18)9-13(19)8-11/h3-10H,1-2H3/t10-/m0/s1. The topological polar surface area (TPSA) is 33.2 Å². The fourth-order valence-corrected chi connectivity index (χ4v) is 3.88. The second kappa shape index (κ2) is 6.48. The van der Waals surface area contributed by atoms with E-state index in [0.717, 1.165) is 15.2 Å². The highest BCUT2D eigenvalue weighted by atomic mass is 35.5. The molecule has 23 heavy (non-hydrogen) atoms. The average molecular weight is 365 g/mol. The van der Waals surface area contributed by atoms with Crippen molar-refractivity contribution in [1.29, 1.82) is 0 Å². The minimum atomic E-state index is -0.141. The second-order valence-corrected chi connectivity index (χ2v) is 7.21. The Hall–Kier alpha value is -1.62. The maximum Gasteiger partial charge on any atom is 0.254 e. The quantitative estimate of drug-likeness (QED) is 0.620. The number of benzene rings is 2. The molecule has 0 radical (unpaired) electrons. The highest BCUT2D eigenvalue weighted by Gasteiger charge is 2.22. The lowest BCUT2D eigenvalue weighted by Gasteiger charge is -2.23. The zero-order valence-corrected chi connectivity index (χ0v) is 14.9. The number of nitrogens with zero attached hydrogens (tertiary/aromatic N) is 2. The largest absolute Gasteiger partial charge is 0.333 e. The highest BCUT2D eigenvalue weighted by Crippen LogP contribution is 2.30. The first-order valence-electron chi connectivity index (χ1n) is 7.04. The zero-order chi connectivity index (χ0) is 16.6. The van der Waals surface area contributed by atoms with Gasteiger partial charge < -0.3 is 4.90 Å². The van der Waals surface area contributed by atoms with Crippen molar-refractivity contribution in [3.63, 3.8) is 0 Å². The van der Waals surface area contributed by atoms with Gasteiger partial charge in [-0.05, 0) is 37.3 Å². The Labute approximate surface area is 148 Å². The number of aromatic nitrogens is 1. The van der Waals surface area contributed by atoms with Crippen molar-refractivity contribution in [2.75, 3.05) is 7.05 Å². The van der Waals surface area contributed by atoms with Crippen molar-refractivity contribution in [2.24, 2.45) is 0 Å². The summed E-state index contributed by atoms with van der Waals surface area (Å²) in [6, 6.07) is 12.7. The number of para-hydroxylation sites is 1. The number of rotatable bonds is 3. The molecule has 0 aliphatic heterocycles. The van der Waals surface area contributed by atoms with Crippen LogP contribution in [-0.4, -0.2) is 22.8 Å². The number of amides is 1. The van der Waals surface area contributed by atoms with Crippen molar-refractivity contribution in [2.45, 2.75) is 13.0 Å². The molecule has 0 bridgehead atoms. The molecule has 0 aliphatic rings. The van der Waals surface area contributed by atoms with Gasteiger partial charge in [0, 0.05) is 22.7 Å². The fraction of sp³-hybridized carbons (Fsp3) is 0.176. The van der Waals surface area contributed by atoms with Crippen LogP contribution in [0.15, 0.2) is 42.5 Å². The van der Waals surface area contributed by atoms with Gasteiger partial charge in [0.25, 0.3) is 5.91 Å². The van der Waals surface area contributed by atoms with E-state index < -0.39 is 0 Å². The molecule has 0 aliphatic carbocycles. The normalized spacial score (nSPS) is 12.3. The molecule has 0 saturated heterocycles. The van der Waals surface area contributed by atoms with E-state index in [1.54, 1.807) is 41.5 Å². The minimum absolute atomic E-state index is 0.138. The molecule has 1 atom stereocenters. The molecule has 1 heterocycles. The Bertz CT molecular complexity index is 825. The van der Waals surface area contributed by atoms with Gasteiger partial charge in [0.1, 0.15) is 5.01 Å². The van der Waals surface area contributed by atoms with Crippen LogP contribution in [0.1, 0.15) is 28.3 Å². The van der Waals surface area contributed by atoms with E-state index in [1.807, 2.05) is 31.2 Å². The molecule has 0 saturated carbocycles. The predicted molar refractivity (Wildman–Crippen MR) is 96.6 cm³/mol. The van der Waals surface area contributed by atoms with E-state index in [4.69, 9.17) is 23.2 Å². The summed E-state index contributed by atoms with van der Waals surface area (Å²) in [4.78, 5) is 18.9. The average Bonchev–Trinajstić information content (AvgIpc) is 2.95. The van der Waals surface area contributed by atoms with Gasteiger partial charge in [-0.2, -0.15) is 0 Å². The molecule has 0 fully saturated rings. The molecule has 118 valence electrons. The highest BCUT2D eigenvalue weighted by molar-refractivity contribution is 7.18. The van der Waals surface area contributed by atoms with Gasteiger partial charge in [-0.3, -0.25) is 4.79 Å². The maximum atomic E-state index is 12.7. The first-order valence-corrected chi connectivity index (χ1v) is 8.61. The zero-order valence-electron chi connectivity index (χ0n) is 12.6. The van der Waals surface area contributed by atoms with Gasteiger partial charge in [-0.15, -0.1) is 11.3 Å². The van der Waals surface area contributed by atoms with Crippen LogP contribution in [0.5, 0.6) is 0 Å². The van der Waals surface area contributed by atoms with E-state index in [2.05, 4.69) is 4.98 Å². The second-order valence-electron chi connectivity index (χ2n) is 5.27. The SMILES string of the molecule is C[C@@H](c1nc2ccccc2s1)N(C)C(=O)c1cc(Cl)cc(Cl)c1. The third-order valence-corrected chi connectivity index (χ3v) is 5.32. The monoisotopic (exact) mass is 364 g/mol. The Morgan fingerprint density at radius 2 is 1.83 bits per heavy atom. The molecule has 0 N–H and O–H groups in total. The fourth-order valence-electron chi connectivity index (χ4n) is 2.29. The first kappa shape index (κ1) is 16.2. The summed E-state index contributed by atoms with van der Waals surface area (Å²) in [5, 5.41) is 1.79. The first-order chi connectivity index (χ1) is 11.0. The van der Waals surface area contributed by atoms with Crippen LogP contribution < -0.4 is 0 Å². The van der Waals surface area contributed by atoms with Crippen molar-refractivity contribution < 1.29 is 4.79 Å². The van der Waals surface area contributed by atoms with Crippen LogP contribution in [0.3, 0.4) is 0 Å². The molecule has 3 nitrogen and oxygen atoms in total. The third-order valence-electron chi connectivity index (χ3n) is 3.68. The molecule has 3 rings (SSSR count). The molecular weight excluding hydrogens is 351 g/mol. The molecule has 1 amide bonds. The molecule has 1 aromatic heterocycles. The Morgan fingerprint density at radius 1 is 1.17 bits per heavy atom. The van der Waals surface area contributed by atoms with Gasteiger partial charge in [-0.1, -0.05) is 35.3 Å². The smallest absolute Gasteiger partial charge is 0.254 e. The molecule has 6 heteroatoms. The van der Waals surface area contributed by atoms with E-state index in [-0.39, 0.29) is 11.9 Å². The van der Waals surface area contributed by atoms with Crippen molar-refractivity contribution in [3.05, 3.63) is 63.1 Å². The number of halogens is 2. The lowest BCUT2D eigenvalue weighted by atomic mass is 10.2. The predicted octanol–water partition coefficient (Wildman–Crippen LogP) is 5.44. The molecule has 3 aromatic rings. The van der Waals surface area contributed by atoms with Crippen LogP contribution in [0.4, 0.5) is 0 Å². The summed E-state index contributed by atoms with van der Waals surface area (Å²) >= 11 is 13.6. The van der Waals surface area contributed by atoms with Gasteiger partial charge in [-0.25, -0.2) is 4.98 Å². The van der Waals surface area contributed by atoms with E-state index in [1.165, 1.54) is 0 Å². The van der Waals surface area contributed by atoms with Crippen LogP contribution in [0, 0.1) is 0 Å². The van der Waals surface area contributed by atoms with E-state index in [0.29, 0.717) is 15.6 Å². The summed E-state index contributed by atoms with van der Waals surface area (Å²) < 4.78 is 1.11. The van der Waals surface area contributed by atoms with Gasteiger partial charge >= 0.3 is 0 Å². The van der Waals surface area contributed by atoms with E-state index in [9.17, 15) is 4.79 Å². The van der Waals surface area contributed by atoms with Crippen LogP contribution >= 0.6 is 34.5 Å². The number of thiazole rings is 1. The Balaban J connectivity index is 1.88. The Kier molecular flexibility index (Phi) is 4.57. The summed E-state index contributed by atoms with van der Waals surface area (Å²) in [5.74, 6) is -0.138. The lowest BCUT2D eigenvalue weighted by molar-refractivity contribution is 0.0742. The van der Waals surface area contributed by atoms with Crippen LogP contribution in [0.2, 0.25) is 10.0 Å². The molecular formula is C17H14Cl2N2OS. The minimum Gasteiger partial charge on any atom is -0.333 e. The molecule has 0 unspecified atom stereocenters. The molecule has 0 spiro atoms. The van der Waals surface area contributed by atoms with Gasteiger partial charge in [0.05, 0.1) is 16.3 Å².